The van der Waals surface area contributed by atoms with Gasteiger partial charge in [-0.05, 0) is 60.2 Å². The Morgan fingerprint density at radius 1 is 0.935 bits per heavy atom. The van der Waals surface area contributed by atoms with Crippen molar-refractivity contribution in [1.82, 2.24) is 0 Å². The molecule has 2 aliphatic rings. The molecule has 160 valence electrons. The first-order chi connectivity index (χ1) is 14.9. The van der Waals surface area contributed by atoms with Gasteiger partial charge in [0.15, 0.2) is 0 Å². The highest BCUT2D eigenvalue weighted by Crippen LogP contribution is 2.54. The van der Waals surface area contributed by atoms with E-state index in [1.165, 1.54) is 4.90 Å². The van der Waals surface area contributed by atoms with Crippen molar-refractivity contribution in [2.75, 3.05) is 32.3 Å². The topological polar surface area (TPSA) is 77.5 Å². The first-order valence-corrected chi connectivity index (χ1v) is 10.0. The van der Waals surface area contributed by atoms with Gasteiger partial charge in [-0.15, -0.1) is 0 Å². The molecule has 5 rings (SSSR count). The van der Waals surface area contributed by atoms with Crippen molar-refractivity contribution in [2.45, 2.75) is 18.3 Å². The smallest absolute Gasteiger partial charge is 0.274 e. The monoisotopic (exact) mass is 421 g/mol. The number of hydrogen-bond donors (Lipinski definition) is 1. The fraction of sp³-hybridized carbons (Fsp3) is 0.292. The maximum Gasteiger partial charge on any atom is 0.274 e. The molecule has 2 aliphatic heterocycles. The lowest BCUT2D eigenvalue weighted by Crippen LogP contribution is -2.56. The number of nitrogens with zero attached hydrogens (tertiary/aromatic N) is 1. The number of methoxy groups -OCH3 is 2. The number of ether oxygens (including phenoxy) is 4. The molecule has 0 aliphatic carbocycles. The quantitative estimate of drug-likeness (QED) is 0.695. The van der Waals surface area contributed by atoms with Gasteiger partial charge in [0.25, 0.3) is 5.91 Å². The Labute approximate surface area is 179 Å². The number of aliphatic hydroxyl groups is 1. The van der Waals surface area contributed by atoms with Crippen LogP contribution in [0.1, 0.15) is 12.5 Å². The van der Waals surface area contributed by atoms with Gasteiger partial charge >= 0.3 is 0 Å². The first kappa shape index (κ1) is 19.8. The zero-order valence-corrected chi connectivity index (χ0v) is 17.5. The standard InChI is InChI=1S/C24H23NO6/c1-23(30-12-13-31-23)24(27)21-19-14-18(29-3)8-4-15(19)5-11-20(21)25(22(24)26)16-6-9-17(28-2)10-7-16/h4-11,14,27H,12-13H2,1-3H3. The Kier molecular flexibility index (Phi) is 4.44. The van der Waals surface area contributed by atoms with Crippen LogP contribution in [0.2, 0.25) is 0 Å². The Hall–Kier alpha value is -3.13. The second-order valence-corrected chi connectivity index (χ2v) is 7.74. The average Bonchev–Trinajstić information content (AvgIpc) is 3.35. The van der Waals surface area contributed by atoms with E-state index in [0.717, 1.165) is 5.39 Å². The third-order valence-electron chi connectivity index (χ3n) is 6.15. The van der Waals surface area contributed by atoms with Crippen LogP contribution in [0.15, 0.2) is 54.6 Å². The number of carbonyl (C=O) groups excluding carboxylic acids is 1. The molecule has 0 aromatic heterocycles. The minimum absolute atomic E-state index is 0.290. The molecule has 1 unspecified atom stereocenters. The van der Waals surface area contributed by atoms with Gasteiger partial charge < -0.3 is 24.1 Å². The fourth-order valence-corrected chi connectivity index (χ4v) is 4.49. The molecule has 0 spiro atoms. The van der Waals surface area contributed by atoms with Crippen LogP contribution in [0.3, 0.4) is 0 Å². The predicted molar refractivity (Wildman–Crippen MR) is 115 cm³/mol. The van der Waals surface area contributed by atoms with Crippen molar-refractivity contribution in [3.05, 3.63) is 60.2 Å². The van der Waals surface area contributed by atoms with Crippen molar-refractivity contribution in [3.63, 3.8) is 0 Å². The van der Waals surface area contributed by atoms with E-state index in [9.17, 15) is 9.90 Å². The Morgan fingerprint density at radius 3 is 2.19 bits per heavy atom. The summed E-state index contributed by atoms with van der Waals surface area (Å²) in [7, 11) is 3.16. The summed E-state index contributed by atoms with van der Waals surface area (Å²) in [5.74, 6) is -0.773. The van der Waals surface area contributed by atoms with Crippen LogP contribution in [-0.2, 0) is 19.9 Å². The van der Waals surface area contributed by atoms with Crippen molar-refractivity contribution in [1.29, 1.82) is 0 Å². The molecule has 7 nitrogen and oxygen atoms in total. The number of anilines is 2. The molecular weight excluding hydrogens is 398 g/mol. The molecule has 1 amide bonds. The fourth-order valence-electron chi connectivity index (χ4n) is 4.49. The number of hydrogen-bond acceptors (Lipinski definition) is 6. The van der Waals surface area contributed by atoms with Crippen LogP contribution < -0.4 is 14.4 Å². The van der Waals surface area contributed by atoms with E-state index in [0.29, 0.717) is 33.8 Å². The molecule has 0 radical (unpaired) electrons. The highest BCUT2D eigenvalue weighted by Gasteiger charge is 2.65. The summed E-state index contributed by atoms with van der Waals surface area (Å²) in [6.07, 6.45) is 0. The van der Waals surface area contributed by atoms with Gasteiger partial charge in [-0.25, -0.2) is 0 Å². The van der Waals surface area contributed by atoms with Gasteiger partial charge in [0.05, 0.1) is 33.1 Å². The van der Waals surface area contributed by atoms with Crippen molar-refractivity contribution in [3.8, 4) is 11.5 Å². The van der Waals surface area contributed by atoms with Gasteiger partial charge in [-0.2, -0.15) is 0 Å². The van der Waals surface area contributed by atoms with Gasteiger partial charge in [-0.1, -0.05) is 12.1 Å². The largest absolute Gasteiger partial charge is 0.497 e. The summed E-state index contributed by atoms with van der Waals surface area (Å²) in [5.41, 5.74) is -0.440. The molecule has 0 bridgehead atoms. The molecule has 3 aromatic carbocycles. The molecule has 7 heteroatoms. The van der Waals surface area contributed by atoms with Crippen LogP contribution >= 0.6 is 0 Å². The SMILES string of the molecule is COc1ccc(N2C(=O)C(O)(C3(C)OCCO3)c3c2ccc2ccc(OC)cc32)cc1. The maximum atomic E-state index is 13.9. The average molecular weight is 421 g/mol. The lowest BCUT2D eigenvalue weighted by atomic mass is 9.84. The molecule has 2 heterocycles. The zero-order chi connectivity index (χ0) is 21.8. The Balaban J connectivity index is 1.80. The number of amides is 1. The number of rotatable bonds is 4. The third-order valence-corrected chi connectivity index (χ3v) is 6.15. The van der Waals surface area contributed by atoms with E-state index in [1.54, 1.807) is 45.4 Å². The van der Waals surface area contributed by atoms with E-state index in [4.69, 9.17) is 18.9 Å². The summed E-state index contributed by atoms with van der Waals surface area (Å²) in [5, 5.41) is 13.6. The molecular formula is C24H23NO6. The van der Waals surface area contributed by atoms with Gasteiger partial charge in [-0.3, -0.25) is 9.69 Å². The molecule has 1 fully saturated rings. The summed E-state index contributed by atoms with van der Waals surface area (Å²) in [4.78, 5) is 15.4. The summed E-state index contributed by atoms with van der Waals surface area (Å²) >= 11 is 0. The van der Waals surface area contributed by atoms with E-state index in [-0.39, 0.29) is 13.2 Å². The zero-order valence-electron chi connectivity index (χ0n) is 17.5. The summed E-state index contributed by atoms with van der Waals surface area (Å²) in [6, 6.07) is 16.4. The third kappa shape index (κ3) is 2.67. The second kappa shape index (κ2) is 6.95. The summed E-state index contributed by atoms with van der Waals surface area (Å²) < 4.78 is 22.3. The van der Waals surface area contributed by atoms with Crippen LogP contribution in [-0.4, -0.2) is 44.2 Å². The first-order valence-electron chi connectivity index (χ1n) is 10.0. The Morgan fingerprint density at radius 2 is 1.55 bits per heavy atom. The van der Waals surface area contributed by atoms with E-state index >= 15 is 0 Å². The van der Waals surface area contributed by atoms with Crippen LogP contribution in [0, 0.1) is 0 Å². The molecule has 1 atom stereocenters. The minimum atomic E-state index is -2.05. The number of carbonyl (C=O) groups is 1. The van der Waals surface area contributed by atoms with Gasteiger partial charge in [0, 0.05) is 11.3 Å². The van der Waals surface area contributed by atoms with E-state index in [2.05, 4.69) is 0 Å². The predicted octanol–water partition coefficient (Wildman–Crippen LogP) is 3.49. The number of benzene rings is 3. The maximum absolute atomic E-state index is 13.9. The highest BCUT2D eigenvalue weighted by molar-refractivity contribution is 6.16. The lowest BCUT2D eigenvalue weighted by molar-refractivity contribution is -0.252. The van der Waals surface area contributed by atoms with Crippen LogP contribution in [0.25, 0.3) is 10.8 Å². The highest BCUT2D eigenvalue weighted by atomic mass is 16.7. The molecule has 31 heavy (non-hydrogen) atoms. The van der Waals surface area contributed by atoms with Gasteiger partial charge in [0.1, 0.15) is 11.5 Å². The van der Waals surface area contributed by atoms with Crippen LogP contribution in [0.5, 0.6) is 11.5 Å². The second-order valence-electron chi connectivity index (χ2n) is 7.74. The molecule has 3 aromatic rings. The van der Waals surface area contributed by atoms with E-state index < -0.39 is 17.3 Å². The van der Waals surface area contributed by atoms with Crippen molar-refractivity contribution in [2.24, 2.45) is 0 Å². The minimum Gasteiger partial charge on any atom is -0.497 e. The van der Waals surface area contributed by atoms with Crippen molar-refractivity contribution < 1.29 is 28.8 Å². The number of fused-ring (bicyclic) bond motifs is 3. The Bertz CT molecular complexity index is 1170. The normalized spacial score (nSPS) is 22.1. The summed E-state index contributed by atoms with van der Waals surface area (Å²) in [6.45, 7) is 2.19. The van der Waals surface area contributed by atoms with E-state index in [1.807, 2.05) is 30.3 Å². The lowest BCUT2D eigenvalue weighted by Gasteiger charge is -2.36. The molecule has 1 saturated heterocycles. The molecule has 1 N–H and O–H groups in total. The molecule has 0 saturated carbocycles. The van der Waals surface area contributed by atoms with Crippen LogP contribution in [0.4, 0.5) is 11.4 Å². The van der Waals surface area contributed by atoms with Crippen molar-refractivity contribution >= 4 is 28.1 Å². The van der Waals surface area contributed by atoms with Gasteiger partial charge in [0.2, 0.25) is 11.4 Å².